The second-order valence-electron chi connectivity index (χ2n) is 6.19. The number of imidazole rings is 1. The van der Waals surface area contributed by atoms with Crippen molar-refractivity contribution in [3.05, 3.63) is 24.3 Å². The lowest BCUT2D eigenvalue weighted by Crippen LogP contribution is -2.40. The number of rotatable bonds is 10. The summed E-state index contributed by atoms with van der Waals surface area (Å²) in [5.41, 5.74) is 2.03. The first-order valence-corrected chi connectivity index (χ1v) is 10.3. The standard InChI is InChI=1S/C19H28N4O2S/c1-3-5-6-9-13-23-16-11-8-7-10-15(16)21-19(23)26-14-17(24)22-18(25)20-12-4-2/h7-8,10-11H,3-6,9,12-14H2,1-2H3,(H2,20,22,24,25). The lowest BCUT2D eigenvalue weighted by molar-refractivity contribution is -0.117. The van der Waals surface area contributed by atoms with Crippen LogP contribution in [0.15, 0.2) is 29.4 Å². The van der Waals surface area contributed by atoms with E-state index in [9.17, 15) is 9.59 Å². The van der Waals surface area contributed by atoms with Crippen molar-refractivity contribution in [1.29, 1.82) is 0 Å². The molecule has 2 N–H and O–H groups in total. The average Bonchev–Trinajstić information content (AvgIpc) is 2.99. The highest BCUT2D eigenvalue weighted by Crippen LogP contribution is 2.24. The van der Waals surface area contributed by atoms with Crippen molar-refractivity contribution in [1.82, 2.24) is 20.2 Å². The predicted molar refractivity (Wildman–Crippen MR) is 106 cm³/mol. The quantitative estimate of drug-likeness (QED) is 0.486. The van der Waals surface area contributed by atoms with Gasteiger partial charge in [0.1, 0.15) is 0 Å². The minimum absolute atomic E-state index is 0.165. The van der Waals surface area contributed by atoms with Gasteiger partial charge in [-0.25, -0.2) is 9.78 Å². The zero-order valence-corrected chi connectivity index (χ0v) is 16.4. The third kappa shape index (κ3) is 6.05. The highest BCUT2D eigenvalue weighted by molar-refractivity contribution is 7.99. The van der Waals surface area contributed by atoms with Crippen LogP contribution in [0.2, 0.25) is 0 Å². The number of carbonyl (C=O) groups excluding carboxylic acids is 2. The number of hydrogen-bond acceptors (Lipinski definition) is 4. The molecule has 0 saturated carbocycles. The number of aromatic nitrogens is 2. The largest absolute Gasteiger partial charge is 0.338 e. The SMILES string of the molecule is CCCCCCn1c(SCC(=O)NC(=O)NCCC)nc2ccccc21. The molecule has 7 heteroatoms. The van der Waals surface area contributed by atoms with Gasteiger partial charge in [-0.05, 0) is 25.0 Å². The number of nitrogens with zero attached hydrogens (tertiary/aromatic N) is 2. The Balaban J connectivity index is 1.99. The maximum absolute atomic E-state index is 12.0. The summed E-state index contributed by atoms with van der Waals surface area (Å²) in [5, 5.41) is 5.81. The summed E-state index contributed by atoms with van der Waals surface area (Å²) in [4.78, 5) is 28.2. The van der Waals surface area contributed by atoms with E-state index in [0.717, 1.165) is 35.6 Å². The van der Waals surface area contributed by atoms with Crippen molar-refractivity contribution in [2.45, 2.75) is 57.7 Å². The first-order chi connectivity index (χ1) is 12.7. The molecular weight excluding hydrogens is 348 g/mol. The Hall–Kier alpha value is -2.02. The van der Waals surface area contributed by atoms with Gasteiger partial charge in [0, 0.05) is 13.1 Å². The van der Waals surface area contributed by atoms with Gasteiger partial charge in [0.15, 0.2) is 5.16 Å². The Morgan fingerprint density at radius 2 is 1.92 bits per heavy atom. The molecule has 0 bridgehead atoms. The number of urea groups is 1. The van der Waals surface area contributed by atoms with E-state index in [-0.39, 0.29) is 11.7 Å². The molecule has 0 saturated heterocycles. The molecule has 2 aromatic rings. The van der Waals surface area contributed by atoms with Gasteiger partial charge in [0.2, 0.25) is 5.91 Å². The fourth-order valence-electron chi connectivity index (χ4n) is 2.65. The van der Waals surface area contributed by atoms with Gasteiger partial charge in [-0.2, -0.15) is 0 Å². The number of aryl methyl sites for hydroxylation is 1. The zero-order chi connectivity index (χ0) is 18.8. The molecule has 26 heavy (non-hydrogen) atoms. The third-order valence-electron chi connectivity index (χ3n) is 3.98. The van der Waals surface area contributed by atoms with Crippen molar-refractivity contribution in [3.8, 4) is 0 Å². The van der Waals surface area contributed by atoms with Crippen molar-refractivity contribution in [3.63, 3.8) is 0 Å². The van der Waals surface area contributed by atoms with Gasteiger partial charge in [0.05, 0.1) is 16.8 Å². The molecule has 6 nitrogen and oxygen atoms in total. The summed E-state index contributed by atoms with van der Waals surface area (Å²) < 4.78 is 2.18. The van der Waals surface area contributed by atoms with Crippen molar-refractivity contribution in [2.24, 2.45) is 0 Å². The van der Waals surface area contributed by atoms with Crippen LogP contribution >= 0.6 is 11.8 Å². The predicted octanol–water partition coefficient (Wildman–Crippen LogP) is 3.94. The molecule has 0 fully saturated rings. The van der Waals surface area contributed by atoms with Crippen LogP contribution in [0.4, 0.5) is 4.79 Å². The minimum atomic E-state index is -0.439. The fourth-order valence-corrected chi connectivity index (χ4v) is 3.49. The summed E-state index contributed by atoms with van der Waals surface area (Å²) in [6, 6.07) is 7.58. The average molecular weight is 377 g/mol. The third-order valence-corrected chi connectivity index (χ3v) is 4.95. The Labute approximate surface area is 159 Å². The highest BCUT2D eigenvalue weighted by Gasteiger charge is 2.14. The first-order valence-electron chi connectivity index (χ1n) is 9.31. The van der Waals surface area contributed by atoms with E-state index >= 15 is 0 Å². The summed E-state index contributed by atoms with van der Waals surface area (Å²) in [5.74, 6) is -0.147. The van der Waals surface area contributed by atoms with Crippen molar-refractivity contribution >= 4 is 34.7 Å². The molecule has 0 aliphatic heterocycles. The van der Waals surface area contributed by atoms with E-state index in [4.69, 9.17) is 0 Å². The van der Waals surface area contributed by atoms with Crippen LogP contribution in [0.3, 0.4) is 0 Å². The number of unbranched alkanes of at least 4 members (excludes halogenated alkanes) is 3. The lowest BCUT2D eigenvalue weighted by Gasteiger charge is -2.09. The topological polar surface area (TPSA) is 76.0 Å². The molecule has 0 aliphatic rings. The molecular formula is C19H28N4O2S. The molecule has 1 aromatic carbocycles. The number of nitrogens with one attached hydrogen (secondary N) is 2. The Morgan fingerprint density at radius 1 is 1.12 bits per heavy atom. The van der Waals surface area contributed by atoms with Crippen LogP contribution in [-0.2, 0) is 11.3 Å². The Kier molecular flexibility index (Phi) is 8.47. The van der Waals surface area contributed by atoms with Crippen LogP contribution in [0.5, 0.6) is 0 Å². The maximum atomic E-state index is 12.0. The number of benzene rings is 1. The van der Waals surface area contributed by atoms with Crippen molar-refractivity contribution in [2.75, 3.05) is 12.3 Å². The summed E-state index contributed by atoms with van der Waals surface area (Å²) in [7, 11) is 0. The van der Waals surface area contributed by atoms with E-state index in [1.807, 2.05) is 25.1 Å². The molecule has 142 valence electrons. The molecule has 2 rings (SSSR count). The van der Waals surface area contributed by atoms with Crippen LogP contribution in [0.1, 0.15) is 46.0 Å². The molecule has 1 heterocycles. The summed E-state index contributed by atoms with van der Waals surface area (Å²) in [6.07, 6.45) is 5.54. The van der Waals surface area contributed by atoms with Crippen LogP contribution < -0.4 is 10.6 Å². The van der Waals surface area contributed by atoms with Gasteiger partial charge >= 0.3 is 6.03 Å². The first kappa shape index (κ1) is 20.3. The van der Waals surface area contributed by atoms with Gasteiger partial charge in [-0.3, -0.25) is 10.1 Å². The maximum Gasteiger partial charge on any atom is 0.321 e. The Bertz CT molecular complexity index is 729. The van der Waals surface area contributed by atoms with Crippen molar-refractivity contribution < 1.29 is 9.59 Å². The zero-order valence-electron chi connectivity index (χ0n) is 15.6. The van der Waals surface area contributed by atoms with Crippen LogP contribution in [0.25, 0.3) is 11.0 Å². The molecule has 0 radical (unpaired) electrons. The van der Waals surface area contributed by atoms with E-state index in [1.54, 1.807) is 0 Å². The molecule has 3 amide bonds. The normalized spacial score (nSPS) is 10.8. The van der Waals surface area contributed by atoms with Gasteiger partial charge in [0.25, 0.3) is 0 Å². The lowest BCUT2D eigenvalue weighted by atomic mass is 10.2. The smallest absolute Gasteiger partial charge is 0.321 e. The number of carbonyl (C=O) groups is 2. The fraction of sp³-hybridized carbons (Fsp3) is 0.526. The second-order valence-corrected chi connectivity index (χ2v) is 7.13. The number of para-hydroxylation sites is 2. The van der Waals surface area contributed by atoms with E-state index in [1.165, 1.54) is 31.0 Å². The molecule has 0 unspecified atom stereocenters. The van der Waals surface area contributed by atoms with E-state index in [0.29, 0.717) is 6.54 Å². The molecule has 1 aromatic heterocycles. The number of imide groups is 1. The van der Waals surface area contributed by atoms with Crippen LogP contribution in [0, 0.1) is 0 Å². The number of thioether (sulfide) groups is 1. The Morgan fingerprint density at radius 3 is 2.69 bits per heavy atom. The van der Waals surface area contributed by atoms with Crippen LogP contribution in [-0.4, -0.2) is 33.8 Å². The molecule has 0 atom stereocenters. The van der Waals surface area contributed by atoms with E-state index in [2.05, 4.69) is 33.2 Å². The number of hydrogen-bond donors (Lipinski definition) is 2. The van der Waals surface area contributed by atoms with Gasteiger partial charge in [-0.15, -0.1) is 0 Å². The van der Waals surface area contributed by atoms with Gasteiger partial charge < -0.3 is 9.88 Å². The molecule has 0 spiro atoms. The monoisotopic (exact) mass is 376 g/mol. The number of amides is 3. The highest BCUT2D eigenvalue weighted by atomic mass is 32.2. The number of fused-ring (bicyclic) bond motifs is 1. The van der Waals surface area contributed by atoms with Gasteiger partial charge in [-0.1, -0.05) is 57.0 Å². The second kappa shape index (κ2) is 10.9. The molecule has 0 aliphatic carbocycles. The van der Waals surface area contributed by atoms with E-state index < -0.39 is 6.03 Å². The summed E-state index contributed by atoms with van der Waals surface area (Å²) >= 11 is 1.37. The summed E-state index contributed by atoms with van der Waals surface area (Å²) in [6.45, 7) is 5.60. The minimum Gasteiger partial charge on any atom is -0.338 e.